The molecule has 0 bridgehead atoms. The van der Waals surface area contributed by atoms with Crippen LogP contribution in [0.15, 0.2) is 79.1 Å². The summed E-state index contributed by atoms with van der Waals surface area (Å²) in [6.07, 6.45) is 4.33. The quantitative estimate of drug-likeness (QED) is 0.0730. The van der Waals surface area contributed by atoms with Crippen molar-refractivity contribution in [3.63, 3.8) is 0 Å². The minimum Gasteiger partial charge on any atom is -0.457 e. The van der Waals surface area contributed by atoms with Crippen molar-refractivity contribution in [1.82, 2.24) is 45.1 Å². The Morgan fingerprint density at radius 1 is 0.923 bits per heavy atom. The smallest absolute Gasteiger partial charge is 0.262 e. The van der Waals surface area contributed by atoms with Crippen LogP contribution in [0.3, 0.4) is 0 Å². The second kappa shape index (κ2) is 20.1. The van der Waals surface area contributed by atoms with Gasteiger partial charge < -0.3 is 35.6 Å². The van der Waals surface area contributed by atoms with Crippen molar-refractivity contribution in [3.8, 4) is 22.8 Å². The number of amides is 6. The highest BCUT2D eigenvalue weighted by atomic mass is 16.5. The molecule has 19 nitrogen and oxygen atoms in total. The third kappa shape index (κ3) is 10.3. The monoisotopic (exact) mass is 885 g/mol. The number of imide groups is 2. The average molecular weight is 886 g/mol. The van der Waals surface area contributed by atoms with Crippen LogP contribution in [0.5, 0.6) is 11.5 Å². The summed E-state index contributed by atoms with van der Waals surface area (Å²) in [6, 6.07) is 20.7. The van der Waals surface area contributed by atoms with Gasteiger partial charge in [-0.1, -0.05) is 18.2 Å². The predicted molar refractivity (Wildman–Crippen MR) is 239 cm³/mol. The number of anilines is 2. The molecule has 3 aromatic carbocycles. The van der Waals surface area contributed by atoms with Crippen LogP contribution in [0.2, 0.25) is 0 Å². The third-order valence-electron chi connectivity index (χ3n) is 11.7. The molecule has 0 spiro atoms. The summed E-state index contributed by atoms with van der Waals surface area (Å²) in [5, 5.41) is 13.6. The molecule has 5 heterocycles. The summed E-state index contributed by atoms with van der Waals surface area (Å²) in [6.45, 7) is 3.53. The summed E-state index contributed by atoms with van der Waals surface area (Å²) in [5.41, 5.74) is 9.30. The molecular weight excluding hydrogens is 835 g/mol. The van der Waals surface area contributed by atoms with Crippen molar-refractivity contribution in [2.45, 2.75) is 50.6 Å². The molecule has 8 rings (SSSR count). The van der Waals surface area contributed by atoms with Crippen molar-refractivity contribution in [1.29, 1.82) is 0 Å². The highest BCUT2D eigenvalue weighted by Crippen LogP contribution is 2.35. The molecule has 2 unspecified atom stereocenters. The van der Waals surface area contributed by atoms with Gasteiger partial charge in [0.05, 0.1) is 42.3 Å². The molecule has 6 amide bonds. The minimum atomic E-state index is -1.05. The van der Waals surface area contributed by atoms with Gasteiger partial charge in [0.15, 0.2) is 5.65 Å². The molecule has 3 aliphatic heterocycles. The van der Waals surface area contributed by atoms with Crippen LogP contribution in [0.25, 0.3) is 22.3 Å². The topological polar surface area (TPSA) is 236 Å². The van der Waals surface area contributed by atoms with Crippen molar-refractivity contribution in [3.05, 3.63) is 90.3 Å². The SMILES string of the molecule is CN(CCCC(=O)N1CCCC(n2nc(-c3ccc(Oc4ccccc4)cc3)c3c(N)ncnc32)C1)CCOCCNC(=O)CNc1ccc2c(c1)C(=O)N(C1CCC(=O)NC1=O)C2=O. The number of rotatable bonds is 18. The second-order valence-electron chi connectivity index (χ2n) is 16.3. The maximum absolute atomic E-state index is 13.4. The summed E-state index contributed by atoms with van der Waals surface area (Å²) >= 11 is 0. The van der Waals surface area contributed by atoms with E-state index in [9.17, 15) is 28.8 Å². The number of fused-ring (bicyclic) bond motifs is 2. The van der Waals surface area contributed by atoms with E-state index in [-0.39, 0.29) is 48.4 Å². The number of nitrogen functional groups attached to an aromatic ring is 1. The number of para-hydroxylation sites is 1. The fourth-order valence-corrected chi connectivity index (χ4v) is 8.32. The fourth-order valence-electron chi connectivity index (χ4n) is 8.32. The van der Waals surface area contributed by atoms with Gasteiger partial charge in [-0.3, -0.25) is 39.0 Å². The molecular formula is C46H51N11O8. The van der Waals surface area contributed by atoms with Gasteiger partial charge in [0, 0.05) is 50.3 Å². The molecule has 2 aromatic heterocycles. The van der Waals surface area contributed by atoms with Gasteiger partial charge in [-0.05, 0) is 93.9 Å². The number of benzene rings is 3. The number of nitrogens with two attached hydrogens (primary N) is 1. The van der Waals surface area contributed by atoms with Crippen LogP contribution < -0.4 is 26.4 Å². The molecule has 0 saturated carbocycles. The Bertz CT molecular complexity index is 2590. The lowest BCUT2D eigenvalue weighted by atomic mass is 10.0. The van der Waals surface area contributed by atoms with Crippen LogP contribution in [0, 0.1) is 0 Å². The summed E-state index contributed by atoms with van der Waals surface area (Å²) < 4.78 is 13.6. The van der Waals surface area contributed by atoms with Crippen LogP contribution in [-0.4, -0.2) is 135 Å². The maximum atomic E-state index is 13.4. The summed E-state index contributed by atoms with van der Waals surface area (Å²) in [5.74, 6) is -0.748. The molecule has 19 heteroatoms. The van der Waals surface area contributed by atoms with E-state index in [1.54, 1.807) is 6.07 Å². The summed E-state index contributed by atoms with van der Waals surface area (Å²) in [7, 11) is 1.98. The van der Waals surface area contributed by atoms with E-state index in [2.05, 4.69) is 30.8 Å². The standard InChI is InChI=1S/C46H51N11O8/c1-54(22-24-64-23-19-48-38(59)26-49-30-13-16-34-35(25-30)46(63)56(45(34)62)36-17-18-37(58)52-44(36)61)20-6-10-39(60)55-21-5-7-31(27-55)57-43-40(42(47)50-28-51-43)41(53-57)29-11-14-33(15-12-29)65-32-8-3-2-4-9-32/h2-4,8-9,11-16,25,28,31,36,49H,5-7,10,17-24,26-27H2,1H3,(H,48,59)(H2,47,50,51)(H,52,58,61). The zero-order valence-electron chi connectivity index (χ0n) is 36.0. The van der Waals surface area contributed by atoms with Crippen LogP contribution >= 0.6 is 0 Å². The molecule has 5 aromatic rings. The number of ether oxygens (including phenoxy) is 2. The lowest BCUT2D eigenvalue weighted by Crippen LogP contribution is -2.54. The number of likely N-dealkylation sites (tertiary alicyclic amines) is 1. The van der Waals surface area contributed by atoms with Crippen molar-refractivity contribution in [2.24, 2.45) is 0 Å². The number of hydrogen-bond donors (Lipinski definition) is 4. The zero-order valence-corrected chi connectivity index (χ0v) is 36.0. The lowest BCUT2D eigenvalue weighted by molar-refractivity contribution is -0.136. The van der Waals surface area contributed by atoms with Crippen LogP contribution in [-0.2, 0) is 23.9 Å². The fraction of sp³-hybridized carbons (Fsp3) is 0.370. The number of hydrogen-bond acceptors (Lipinski definition) is 14. The van der Waals surface area contributed by atoms with Crippen molar-refractivity contribution in [2.75, 3.05) is 70.6 Å². The number of piperidine rings is 2. The molecule has 338 valence electrons. The Hall–Kier alpha value is -7.25. The van der Waals surface area contributed by atoms with Crippen LogP contribution in [0.1, 0.15) is 65.3 Å². The molecule has 2 saturated heterocycles. The van der Waals surface area contributed by atoms with E-state index in [1.165, 1.54) is 18.5 Å². The van der Waals surface area contributed by atoms with Crippen LogP contribution in [0.4, 0.5) is 11.5 Å². The molecule has 2 fully saturated rings. The number of carbonyl (C=O) groups is 6. The Balaban J connectivity index is 0.727. The van der Waals surface area contributed by atoms with E-state index in [0.29, 0.717) is 92.8 Å². The van der Waals surface area contributed by atoms with Gasteiger partial charge in [-0.2, -0.15) is 5.10 Å². The molecule has 5 N–H and O–H groups in total. The second-order valence-corrected chi connectivity index (χ2v) is 16.3. The zero-order chi connectivity index (χ0) is 45.5. The van der Waals surface area contributed by atoms with Gasteiger partial charge in [0.1, 0.15) is 35.4 Å². The minimum absolute atomic E-state index is 0.0348. The summed E-state index contributed by atoms with van der Waals surface area (Å²) in [4.78, 5) is 89.6. The Kier molecular flexibility index (Phi) is 13.7. The largest absolute Gasteiger partial charge is 0.457 e. The molecule has 0 aliphatic carbocycles. The molecule has 3 aliphatic rings. The normalized spacial score (nSPS) is 17.4. The number of carbonyl (C=O) groups excluding carboxylic acids is 6. The first-order chi connectivity index (χ1) is 31.5. The van der Waals surface area contributed by atoms with Gasteiger partial charge in [0.25, 0.3) is 11.8 Å². The van der Waals surface area contributed by atoms with E-state index < -0.39 is 29.7 Å². The van der Waals surface area contributed by atoms with Gasteiger partial charge in [-0.25, -0.2) is 14.6 Å². The molecule has 2 atom stereocenters. The molecule has 0 radical (unpaired) electrons. The van der Waals surface area contributed by atoms with E-state index >= 15 is 0 Å². The average Bonchev–Trinajstić information content (AvgIpc) is 3.82. The van der Waals surface area contributed by atoms with E-state index in [1.807, 2.05) is 71.2 Å². The number of nitrogens with zero attached hydrogens (tertiary/aromatic N) is 7. The Morgan fingerprint density at radius 3 is 2.51 bits per heavy atom. The predicted octanol–water partition coefficient (Wildman–Crippen LogP) is 3.39. The van der Waals surface area contributed by atoms with Crippen molar-refractivity contribution < 1.29 is 38.2 Å². The Labute approximate surface area is 374 Å². The Morgan fingerprint density at radius 2 is 1.71 bits per heavy atom. The molecule has 65 heavy (non-hydrogen) atoms. The maximum Gasteiger partial charge on any atom is 0.262 e. The highest BCUT2D eigenvalue weighted by molar-refractivity contribution is 6.23. The van der Waals surface area contributed by atoms with Gasteiger partial charge in [-0.15, -0.1) is 0 Å². The van der Waals surface area contributed by atoms with E-state index in [4.69, 9.17) is 20.3 Å². The van der Waals surface area contributed by atoms with Crippen molar-refractivity contribution >= 4 is 58.0 Å². The highest BCUT2D eigenvalue weighted by Gasteiger charge is 2.44. The van der Waals surface area contributed by atoms with E-state index in [0.717, 1.165) is 29.1 Å². The first kappa shape index (κ1) is 44.4. The number of nitrogens with one attached hydrogen (secondary N) is 3. The number of likely N-dealkylation sites (N-methyl/N-ethyl adjacent to an activating group) is 1. The lowest BCUT2D eigenvalue weighted by Gasteiger charge is -2.33. The third-order valence-corrected chi connectivity index (χ3v) is 11.7. The van der Waals surface area contributed by atoms with Gasteiger partial charge in [0.2, 0.25) is 23.6 Å². The first-order valence-electron chi connectivity index (χ1n) is 21.8. The number of aromatic nitrogens is 4. The first-order valence-corrected chi connectivity index (χ1v) is 21.8. The van der Waals surface area contributed by atoms with Gasteiger partial charge >= 0.3 is 0 Å².